The zero-order chi connectivity index (χ0) is 16.9. The minimum absolute atomic E-state index is 0.0380. The second-order valence-corrected chi connectivity index (χ2v) is 6.76. The number of carbonyl (C=O) groups excluding carboxylic acids is 1. The van der Waals surface area contributed by atoms with E-state index in [9.17, 15) is 13.2 Å². The normalized spacial score (nSPS) is 11.0. The van der Waals surface area contributed by atoms with E-state index in [2.05, 4.69) is 10.0 Å². The third-order valence-corrected chi connectivity index (χ3v) is 4.57. The largest absolute Gasteiger partial charge is 0.497 e. The Morgan fingerprint density at radius 3 is 2.52 bits per heavy atom. The van der Waals surface area contributed by atoms with Gasteiger partial charge in [-0.15, -0.1) is 0 Å². The Bertz CT molecular complexity index is 791. The number of hydrogen-bond acceptors (Lipinski definition) is 4. The first-order chi connectivity index (χ1) is 10.9. The first-order valence-corrected chi connectivity index (χ1v) is 8.46. The van der Waals surface area contributed by atoms with Crippen molar-refractivity contribution in [3.05, 3.63) is 53.6 Å². The molecule has 0 atom stereocenters. The third-order valence-electron chi connectivity index (χ3n) is 2.90. The van der Waals surface area contributed by atoms with Crippen molar-refractivity contribution in [2.45, 2.75) is 4.90 Å². The van der Waals surface area contributed by atoms with Gasteiger partial charge in [0.1, 0.15) is 5.75 Å². The monoisotopic (exact) mass is 354 g/mol. The number of hydrogen-bond donors (Lipinski definition) is 2. The van der Waals surface area contributed by atoms with Crippen LogP contribution in [0.4, 0.5) is 5.69 Å². The van der Waals surface area contributed by atoms with Gasteiger partial charge in [-0.3, -0.25) is 4.79 Å². The van der Waals surface area contributed by atoms with Gasteiger partial charge >= 0.3 is 0 Å². The Kier molecular flexibility index (Phi) is 5.59. The Hall–Kier alpha value is -2.09. The van der Waals surface area contributed by atoms with Crippen molar-refractivity contribution in [2.75, 3.05) is 19.0 Å². The van der Waals surface area contributed by atoms with Crippen LogP contribution in [0.5, 0.6) is 5.75 Å². The zero-order valence-electron chi connectivity index (χ0n) is 12.2. The predicted octanol–water partition coefficient (Wildman–Crippen LogP) is 2.27. The fourth-order valence-electron chi connectivity index (χ4n) is 1.76. The van der Waals surface area contributed by atoms with E-state index in [-0.39, 0.29) is 11.4 Å². The molecule has 0 saturated carbocycles. The van der Waals surface area contributed by atoms with Crippen LogP contribution in [0.2, 0.25) is 5.02 Å². The number of carbonyl (C=O) groups is 1. The Balaban J connectivity index is 1.96. The molecule has 0 radical (unpaired) electrons. The summed E-state index contributed by atoms with van der Waals surface area (Å²) in [5, 5.41) is 3.01. The second kappa shape index (κ2) is 7.45. The van der Waals surface area contributed by atoms with Crippen molar-refractivity contribution in [3.8, 4) is 5.75 Å². The molecule has 0 unspecified atom stereocenters. The van der Waals surface area contributed by atoms with Gasteiger partial charge in [0, 0.05) is 16.8 Å². The molecule has 2 rings (SSSR count). The molecule has 0 aromatic heterocycles. The lowest BCUT2D eigenvalue weighted by molar-refractivity contribution is -0.115. The molecule has 2 aromatic rings. The summed E-state index contributed by atoms with van der Waals surface area (Å²) < 4.78 is 31.4. The van der Waals surface area contributed by atoms with Gasteiger partial charge in [0.15, 0.2) is 0 Å². The summed E-state index contributed by atoms with van der Waals surface area (Å²) >= 11 is 5.71. The van der Waals surface area contributed by atoms with E-state index in [4.69, 9.17) is 16.3 Å². The first kappa shape index (κ1) is 17.3. The number of rotatable bonds is 6. The molecule has 8 heteroatoms. The van der Waals surface area contributed by atoms with E-state index in [1.807, 2.05) is 0 Å². The van der Waals surface area contributed by atoms with Crippen molar-refractivity contribution in [1.29, 1.82) is 0 Å². The van der Waals surface area contributed by atoms with Gasteiger partial charge in [-0.05, 0) is 36.4 Å². The van der Waals surface area contributed by atoms with Gasteiger partial charge in [-0.25, -0.2) is 13.1 Å². The fraction of sp³-hybridized carbons (Fsp3) is 0.133. The quantitative estimate of drug-likeness (QED) is 0.833. The maximum absolute atomic E-state index is 12.0. The van der Waals surface area contributed by atoms with Crippen LogP contribution in [0.1, 0.15) is 0 Å². The summed E-state index contributed by atoms with van der Waals surface area (Å²) in [7, 11) is -2.26. The Morgan fingerprint density at radius 1 is 1.17 bits per heavy atom. The smallest absolute Gasteiger partial charge is 0.241 e. The molecule has 23 heavy (non-hydrogen) atoms. The van der Waals surface area contributed by atoms with Crippen LogP contribution < -0.4 is 14.8 Å². The highest BCUT2D eigenvalue weighted by atomic mass is 35.5. The van der Waals surface area contributed by atoms with E-state index in [0.29, 0.717) is 16.5 Å². The summed E-state index contributed by atoms with van der Waals surface area (Å²) in [5.74, 6) is 0.0975. The van der Waals surface area contributed by atoms with Crippen LogP contribution in [0.3, 0.4) is 0 Å². The maximum atomic E-state index is 12.0. The van der Waals surface area contributed by atoms with Crippen LogP contribution in [0.15, 0.2) is 53.4 Å². The van der Waals surface area contributed by atoms with Crippen molar-refractivity contribution >= 4 is 33.2 Å². The molecule has 0 aliphatic heterocycles. The SMILES string of the molecule is COc1cccc(NC(=O)CNS(=O)(=O)c2ccc(Cl)cc2)c1. The lowest BCUT2D eigenvalue weighted by atomic mass is 10.3. The zero-order valence-corrected chi connectivity index (χ0v) is 13.8. The molecule has 2 aromatic carbocycles. The third kappa shape index (κ3) is 4.95. The standard InChI is InChI=1S/C15H15ClN2O4S/c1-22-13-4-2-3-12(9-13)18-15(19)10-17-23(20,21)14-7-5-11(16)6-8-14/h2-9,17H,10H2,1H3,(H,18,19). The summed E-state index contributed by atoms with van der Waals surface area (Å²) in [5.41, 5.74) is 0.514. The van der Waals surface area contributed by atoms with E-state index >= 15 is 0 Å². The lowest BCUT2D eigenvalue weighted by Crippen LogP contribution is -2.32. The molecule has 0 saturated heterocycles. The summed E-state index contributed by atoms with van der Waals surface area (Å²) in [4.78, 5) is 11.9. The maximum Gasteiger partial charge on any atom is 0.241 e. The van der Waals surface area contributed by atoms with Crippen molar-refractivity contribution < 1.29 is 17.9 Å². The van der Waals surface area contributed by atoms with Gasteiger partial charge in [0.05, 0.1) is 18.6 Å². The topological polar surface area (TPSA) is 84.5 Å². The van der Waals surface area contributed by atoms with Crippen LogP contribution in [-0.2, 0) is 14.8 Å². The Labute approximate surface area is 139 Å². The number of halogens is 1. The highest BCUT2D eigenvalue weighted by Crippen LogP contribution is 2.16. The lowest BCUT2D eigenvalue weighted by Gasteiger charge is -2.09. The number of nitrogens with one attached hydrogen (secondary N) is 2. The van der Waals surface area contributed by atoms with Crippen LogP contribution in [-0.4, -0.2) is 28.0 Å². The summed E-state index contributed by atoms with van der Waals surface area (Å²) in [6.45, 7) is -0.387. The highest BCUT2D eigenvalue weighted by molar-refractivity contribution is 7.89. The number of sulfonamides is 1. The average molecular weight is 355 g/mol. The van der Waals surface area contributed by atoms with Gasteiger partial charge in [0.25, 0.3) is 0 Å². The molecule has 0 aliphatic rings. The van der Waals surface area contributed by atoms with Gasteiger partial charge in [-0.2, -0.15) is 0 Å². The Morgan fingerprint density at radius 2 is 1.87 bits per heavy atom. The minimum Gasteiger partial charge on any atom is -0.497 e. The fourth-order valence-corrected chi connectivity index (χ4v) is 2.87. The molecule has 2 N–H and O–H groups in total. The van der Waals surface area contributed by atoms with Crippen molar-refractivity contribution in [2.24, 2.45) is 0 Å². The predicted molar refractivity (Wildman–Crippen MR) is 88.3 cm³/mol. The van der Waals surface area contributed by atoms with Crippen molar-refractivity contribution in [1.82, 2.24) is 4.72 Å². The molecular weight excluding hydrogens is 340 g/mol. The molecule has 6 nitrogen and oxygen atoms in total. The van der Waals surface area contributed by atoms with Crippen LogP contribution in [0, 0.1) is 0 Å². The summed E-state index contributed by atoms with van der Waals surface area (Å²) in [6, 6.07) is 12.4. The van der Waals surface area contributed by atoms with Gasteiger partial charge in [-0.1, -0.05) is 17.7 Å². The second-order valence-electron chi connectivity index (χ2n) is 4.56. The molecule has 1 amide bonds. The highest BCUT2D eigenvalue weighted by Gasteiger charge is 2.15. The molecule has 122 valence electrons. The average Bonchev–Trinajstić information content (AvgIpc) is 2.54. The minimum atomic E-state index is -3.77. The number of methoxy groups -OCH3 is 1. The molecule has 0 aliphatic carbocycles. The van der Waals surface area contributed by atoms with E-state index < -0.39 is 15.9 Å². The molecule has 0 bridgehead atoms. The van der Waals surface area contributed by atoms with Crippen LogP contribution in [0.25, 0.3) is 0 Å². The molecule has 0 spiro atoms. The number of benzene rings is 2. The van der Waals surface area contributed by atoms with Crippen molar-refractivity contribution in [3.63, 3.8) is 0 Å². The number of anilines is 1. The van der Waals surface area contributed by atoms with Gasteiger partial charge in [0.2, 0.25) is 15.9 Å². The number of ether oxygens (including phenoxy) is 1. The van der Waals surface area contributed by atoms with Crippen LogP contribution >= 0.6 is 11.6 Å². The summed E-state index contributed by atoms with van der Waals surface area (Å²) in [6.07, 6.45) is 0. The van der Waals surface area contributed by atoms with E-state index in [1.54, 1.807) is 24.3 Å². The number of amides is 1. The van der Waals surface area contributed by atoms with Gasteiger partial charge < -0.3 is 10.1 Å². The van der Waals surface area contributed by atoms with E-state index in [1.165, 1.54) is 31.4 Å². The molecule has 0 heterocycles. The van der Waals surface area contributed by atoms with E-state index in [0.717, 1.165) is 0 Å². The molecular formula is C15H15ClN2O4S. The first-order valence-electron chi connectivity index (χ1n) is 6.60. The molecule has 0 fully saturated rings.